The summed E-state index contributed by atoms with van der Waals surface area (Å²) < 4.78 is 44.3. The highest BCUT2D eigenvalue weighted by Gasteiger charge is 2.44. The van der Waals surface area contributed by atoms with Gasteiger partial charge in [-0.25, -0.2) is 17.6 Å². The summed E-state index contributed by atoms with van der Waals surface area (Å²) in [7, 11) is -2.02. The number of hydrogen-bond acceptors (Lipinski definition) is 5. The van der Waals surface area contributed by atoms with Gasteiger partial charge in [0.15, 0.2) is 0 Å². The molecule has 1 fully saturated rings. The summed E-state index contributed by atoms with van der Waals surface area (Å²) in [6.45, 7) is 2.98. The maximum atomic E-state index is 15.5. The van der Waals surface area contributed by atoms with E-state index < -0.39 is 33.5 Å². The van der Waals surface area contributed by atoms with Crippen molar-refractivity contribution in [3.63, 3.8) is 0 Å². The van der Waals surface area contributed by atoms with Crippen LogP contribution >= 0.6 is 0 Å². The Balaban J connectivity index is 1.72. The molecule has 4 rings (SSSR count). The van der Waals surface area contributed by atoms with E-state index in [1.807, 2.05) is 32.2 Å². The first kappa shape index (κ1) is 30.6. The van der Waals surface area contributed by atoms with Crippen LogP contribution in [0.25, 0.3) is 11.1 Å². The molecule has 0 saturated carbocycles. The third-order valence-corrected chi connectivity index (χ3v) is 9.68. The van der Waals surface area contributed by atoms with Crippen LogP contribution < -0.4 is 10.6 Å². The summed E-state index contributed by atoms with van der Waals surface area (Å²) in [5, 5.41) is 26.9. The van der Waals surface area contributed by atoms with E-state index in [-0.39, 0.29) is 36.4 Å². The van der Waals surface area contributed by atoms with Gasteiger partial charge < -0.3 is 20.8 Å². The zero-order valence-electron chi connectivity index (χ0n) is 23.4. The Morgan fingerprint density at radius 2 is 1.85 bits per heavy atom. The molecule has 3 aromatic carbocycles. The van der Waals surface area contributed by atoms with Crippen LogP contribution in [-0.2, 0) is 22.2 Å². The molecule has 0 aliphatic carbocycles. The number of halogens is 1. The third kappa shape index (κ3) is 6.95. The van der Waals surface area contributed by atoms with Crippen molar-refractivity contribution in [1.29, 1.82) is 0 Å². The number of hydrogen-bond donors (Lipinski definition) is 4. The number of piperidine rings is 1. The Morgan fingerprint density at radius 3 is 2.54 bits per heavy atom. The van der Waals surface area contributed by atoms with Crippen molar-refractivity contribution in [2.75, 3.05) is 26.7 Å². The average molecular weight is 584 g/mol. The molecule has 1 aliphatic heterocycles. The summed E-state index contributed by atoms with van der Waals surface area (Å²) >= 11 is 0. The lowest BCUT2D eigenvalue weighted by molar-refractivity contribution is -0.0509. The van der Waals surface area contributed by atoms with Gasteiger partial charge in [-0.2, -0.15) is 4.31 Å². The standard InChI is InChI=1S/C31H38FN3O5S/c1-22-7-3-8-24(19-22)29-27(10-4-11-28(29)32)31(38,16-6-17-34-30(36)37)25-9-5-18-35(21-25)41(39,40)26-14-12-23(13-15-26)20-33-2/h3-4,7-8,10-15,19,25,33-34,38H,5-6,9,16-18,20-21H2,1-2H3,(H,36,37). The van der Waals surface area contributed by atoms with Crippen LogP contribution in [0.15, 0.2) is 71.6 Å². The van der Waals surface area contributed by atoms with Crippen LogP contribution in [0.1, 0.15) is 42.4 Å². The number of carbonyl (C=O) groups is 1. The molecule has 0 radical (unpaired) electrons. The van der Waals surface area contributed by atoms with Crippen molar-refractivity contribution in [3.05, 3.63) is 89.2 Å². The number of amides is 1. The van der Waals surface area contributed by atoms with E-state index in [4.69, 9.17) is 5.11 Å². The fourth-order valence-electron chi connectivity index (χ4n) is 5.77. The molecular weight excluding hydrogens is 545 g/mol. The number of rotatable bonds is 11. The average Bonchev–Trinajstić information content (AvgIpc) is 2.95. The fraction of sp³-hybridized carbons (Fsp3) is 0.387. The summed E-state index contributed by atoms with van der Waals surface area (Å²) in [5.74, 6) is -1.04. The lowest BCUT2D eigenvalue weighted by Gasteiger charge is -2.43. The second kappa shape index (κ2) is 13.1. The van der Waals surface area contributed by atoms with Crippen molar-refractivity contribution in [2.45, 2.75) is 49.6 Å². The molecule has 8 nitrogen and oxygen atoms in total. The fourth-order valence-corrected chi connectivity index (χ4v) is 7.30. The highest BCUT2D eigenvalue weighted by atomic mass is 32.2. The number of benzene rings is 3. The van der Waals surface area contributed by atoms with Gasteiger partial charge in [-0.15, -0.1) is 0 Å². The molecule has 220 valence electrons. The lowest BCUT2D eigenvalue weighted by Crippen LogP contribution is -2.48. The summed E-state index contributed by atoms with van der Waals surface area (Å²) in [6.07, 6.45) is 0.275. The Morgan fingerprint density at radius 1 is 1.12 bits per heavy atom. The minimum absolute atomic E-state index is 0.0488. The quantitative estimate of drug-likeness (QED) is 0.240. The zero-order chi connectivity index (χ0) is 29.6. The van der Waals surface area contributed by atoms with Crippen molar-refractivity contribution in [2.24, 2.45) is 5.92 Å². The first-order valence-corrected chi connectivity index (χ1v) is 15.3. The van der Waals surface area contributed by atoms with E-state index >= 15 is 4.39 Å². The van der Waals surface area contributed by atoms with E-state index in [1.165, 1.54) is 10.4 Å². The van der Waals surface area contributed by atoms with Crippen LogP contribution in [0, 0.1) is 18.7 Å². The molecule has 10 heteroatoms. The van der Waals surface area contributed by atoms with E-state index in [0.29, 0.717) is 37.1 Å². The van der Waals surface area contributed by atoms with Gasteiger partial charge in [0.25, 0.3) is 0 Å². The highest BCUT2D eigenvalue weighted by Crippen LogP contribution is 2.45. The normalized spacial score (nSPS) is 17.6. The van der Waals surface area contributed by atoms with Crippen LogP contribution in [-0.4, -0.2) is 55.7 Å². The predicted octanol–water partition coefficient (Wildman–Crippen LogP) is 4.86. The maximum Gasteiger partial charge on any atom is 0.404 e. The van der Waals surface area contributed by atoms with Gasteiger partial charge in [0.2, 0.25) is 10.0 Å². The van der Waals surface area contributed by atoms with Gasteiger partial charge in [-0.1, -0.05) is 54.1 Å². The number of nitrogens with one attached hydrogen (secondary N) is 2. The second-order valence-corrected chi connectivity index (χ2v) is 12.6. The Hall–Kier alpha value is -3.31. The van der Waals surface area contributed by atoms with Crippen LogP contribution in [0.5, 0.6) is 0 Å². The first-order valence-electron chi connectivity index (χ1n) is 13.8. The summed E-state index contributed by atoms with van der Waals surface area (Å²) in [5.41, 5.74) is 1.53. The van der Waals surface area contributed by atoms with Crippen molar-refractivity contribution in [1.82, 2.24) is 14.9 Å². The number of aryl methyl sites for hydroxylation is 1. The molecule has 0 aromatic heterocycles. The second-order valence-electron chi connectivity index (χ2n) is 10.7. The van der Waals surface area contributed by atoms with Crippen molar-refractivity contribution < 1.29 is 27.8 Å². The molecule has 1 saturated heterocycles. The smallest absolute Gasteiger partial charge is 0.404 e. The Bertz CT molecular complexity index is 1460. The Labute approximate surface area is 241 Å². The van der Waals surface area contributed by atoms with Crippen LogP contribution in [0.2, 0.25) is 0 Å². The Kier molecular flexibility index (Phi) is 9.80. The van der Waals surface area contributed by atoms with Crippen molar-refractivity contribution in [3.8, 4) is 11.1 Å². The molecule has 0 bridgehead atoms. The van der Waals surface area contributed by atoms with Gasteiger partial charge in [-0.3, -0.25) is 0 Å². The van der Waals surface area contributed by atoms with Crippen molar-refractivity contribution >= 4 is 16.1 Å². The molecule has 3 aromatic rings. The SMILES string of the molecule is CNCc1ccc(S(=O)(=O)N2CCCC(C(O)(CCCNC(=O)O)c3cccc(F)c3-c3cccc(C)c3)C2)cc1. The molecule has 2 unspecified atom stereocenters. The molecule has 1 heterocycles. The molecule has 41 heavy (non-hydrogen) atoms. The minimum Gasteiger partial charge on any atom is -0.465 e. The van der Waals surface area contributed by atoms with Crippen LogP contribution in [0.4, 0.5) is 9.18 Å². The monoisotopic (exact) mass is 583 g/mol. The van der Waals surface area contributed by atoms with Gasteiger partial charge in [0.05, 0.1) is 10.5 Å². The predicted molar refractivity (Wildman–Crippen MR) is 156 cm³/mol. The molecule has 1 aliphatic rings. The van der Waals surface area contributed by atoms with E-state index in [2.05, 4.69) is 10.6 Å². The molecule has 1 amide bonds. The number of nitrogens with zero attached hydrogens (tertiary/aromatic N) is 1. The zero-order valence-corrected chi connectivity index (χ0v) is 24.3. The largest absolute Gasteiger partial charge is 0.465 e. The summed E-state index contributed by atoms with van der Waals surface area (Å²) in [4.78, 5) is 11.2. The van der Waals surface area contributed by atoms with Crippen LogP contribution in [0.3, 0.4) is 0 Å². The molecule has 0 spiro atoms. The maximum absolute atomic E-state index is 15.5. The number of sulfonamides is 1. The summed E-state index contributed by atoms with van der Waals surface area (Å²) in [6, 6.07) is 18.7. The number of carboxylic acid groups (broad SMARTS) is 1. The van der Waals surface area contributed by atoms with E-state index in [0.717, 1.165) is 11.1 Å². The van der Waals surface area contributed by atoms with E-state index in [1.54, 1.807) is 42.5 Å². The number of aliphatic hydroxyl groups is 1. The minimum atomic E-state index is -3.84. The topological polar surface area (TPSA) is 119 Å². The third-order valence-electron chi connectivity index (χ3n) is 7.80. The first-order chi connectivity index (χ1) is 19.6. The van der Waals surface area contributed by atoms with Gasteiger partial charge in [-0.05, 0) is 74.5 Å². The van der Waals surface area contributed by atoms with Gasteiger partial charge in [0.1, 0.15) is 5.82 Å². The molecule has 4 N–H and O–H groups in total. The molecule has 2 atom stereocenters. The van der Waals surface area contributed by atoms with Gasteiger partial charge >= 0.3 is 6.09 Å². The highest BCUT2D eigenvalue weighted by molar-refractivity contribution is 7.89. The lowest BCUT2D eigenvalue weighted by atomic mass is 9.72. The van der Waals surface area contributed by atoms with Gasteiger partial charge in [0, 0.05) is 37.7 Å². The van der Waals surface area contributed by atoms with E-state index in [9.17, 15) is 18.3 Å². The molecular formula is C31H38FN3O5S.